The van der Waals surface area contributed by atoms with Gasteiger partial charge in [-0.2, -0.15) is 0 Å². The summed E-state index contributed by atoms with van der Waals surface area (Å²) in [4.78, 5) is 0. The second-order valence-corrected chi connectivity index (χ2v) is 3.63. The standard InChI is InChI=1S/C13H21NO2/c1-4-11(10-15-3)14-12-8-6-7-9-13(12)16-5-2/h6-9,11,14H,4-5,10H2,1-3H3. The minimum Gasteiger partial charge on any atom is -0.492 e. The zero-order chi connectivity index (χ0) is 11.8. The Bertz CT molecular complexity index is 302. The van der Waals surface area contributed by atoms with E-state index in [1.165, 1.54) is 0 Å². The summed E-state index contributed by atoms with van der Waals surface area (Å²) in [7, 11) is 1.72. The normalized spacial score (nSPS) is 12.2. The number of benzene rings is 1. The van der Waals surface area contributed by atoms with Crippen molar-refractivity contribution in [2.24, 2.45) is 0 Å². The number of anilines is 1. The molecular formula is C13H21NO2. The van der Waals surface area contributed by atoms with Crippen LogP contribution in [0.5, 0.6) is 5.75 Å². The molecule has 90 valence electrons. The Morgan fingerprint density at radius 2 is 2.00 bits per heavy atom. The van der Waals surface area contributed by atoms with E-state index in [1.807, 2.05) is 31.2 Å². The lowest BCUT2D eigenvalue weighted by molar-refractivity contribution is 0.184. The molecule has 0 amide bonds. The average molecular weight is 223 g/mol. The Morgan fingerprint density at radius 1 is 1.25 bits per heavy atom. The maximum absolute atomic E-state index is 5.56. The minimum absolute atomic E-state index is 0.326. The third-order valence-electron chi connectivity index (χ3n) is 2.41. The maximum Gasteiger partial charge on any atom is 0.142 e. The van der Waals surface area contributed by atoms with Crippen LogP contribution in [0.3, 0.4) is 0 Å². The summed E-state index contributed by atoms with van der Waals surface area (Å²) in [6, 6.07) is 8.32. The third kappa shape index (κ3) is 3.74. The van der Waals surface area contributed by atoms with Crippen LogP contribution in [-0.4, -0.2) is 26.4 Å². The molecular weight excluding hydrogens is 202 g/mol. The van der Waals surface area contributed by atoms with E-state index in [-0.39, 0.29) is 0 Å². The molecule has 0 aliphatic rings. The number of ether oxygens (including phenoxy) is 2. The van der Waals surface area contributed by atoms with Gasteiger partial charge < -0.3 is 14.8 Å². The van der Waals surface area contributed by atoms with Gasteiger partial charge in [0.1, 0.15) is 5.75 Å². The van der Waals surface area contributed by atoms with Gasteiger partial charge in [-0.1, -0.05) is 19.1 Å². The first-order chi connectivity index (χ1) is 7.81. The quantitative estimate of drug-likeness (QED) is 0.771. The zero-order valence-electron chi connectivity index (χ0n) is 10.3. The molecule has 1 unspecified atom stereocenters. The molecule has 1 aromatic rings. The number of rotatable bonds is 7. The first-order valence-corrected chi connectivity index (χ1v) is 5.79. The van der Waals surface area contributed by atoms with Gasteiger partial charge in [0.25, 0.3) is 0 Å². The van der Waals surface area contributed by atoms with Crippen molar-refractivity contribution in [3.8, 4) is 5.75 Å². The first kappa shape index (κ1) is 12.8. The topological polar surface area (TPSA) is 30.5 Å². The zero-order valence-corrected chi connectivity index (χ0v) is 10.3. The van der Waals surface area contributed by atoms with E-state index < -0.39 is 0 Å². The van der Waals surface area contributed by atoms with Gasteiger partial charge in [-0.3, -0.25) is 0 Å². The van der Waals surface area contributed by atoms with Crippen molar-refractivity contribution in [2.75, 3.05) is 25.6 Å². The van der Waals surface area contributed by atoms with Crippen LogP contribution in [0, 0.1) is 0 Å². The van der Waals surface area contributed by atoms with E-state index in [2.05, 4.69) is 12.2 Å². The van der Waals surface area contributed by atoms with Crippen LogP contribution >= 0.6 is 0 Å². The van der Waals surface area contributed by atoms with Crippen LogP contribution < -0.4 is 10.1 Å². The molecule has 0 aromatic heterocycles. The van der Waals surface area contributed by atoms with Crippen LogP contribution in [0.25, 0.3) is 0 Å². The Morgan fingerprint density at radius 3 is 2.62 bits per heavy atom. The molecule has 0 aliphatic heterocycles. The fourth-order valence-corrected chi connectivity index (χ4v) is 1.55. The third-order valence-corrected chi connectivity index (χ3v) is 2.41. The summed E-state index contributed by atoms with van der Waals surface area (Å²) in [6.45, 7) is 5.51. The maximum atomic E-state index is 5.56. The summed E-state index contributed by atoms with van der Waals surface area (Å²) >= 11 is 0. The molecule has 0 fully saturated rings. The fraction of sp³-hybridized carbons (Fsp3) is 0.538. The Labute approximate surface area is 97.8 Å². The number of methoxy groups -OCH3 is 1. The highest BCUT2D eigenvalue weighted by Crippen LogP contribution is 2.24. The Hall–Kier alpha value is -1.22. The highest BCUT2D eigenvalue weighted by atomic mass is 16.5. The largest absolute Gasteiger partial charge is 0.492 e. The van der Waals surface area contributed by atoms with Crippen LogP contribution in [0.4, 0.5) is 5.69 Å². The van der Waals surface area contributed by atoms with E-state index in [4.69, 9.17) is 9.47 Å². The molecule has 1 N–H and O–H groups in total. The van der Waals surface area contributed by atoms with Gasteiger partial charge in [0, 0.05) is 13.2 Å². The summed E-state index contributed by atoms with van der Waals surface area (Å²) < 4.78 is 10.7. The summed E-state index contributed by atoms with van der Waals surface area (Å²) in [5, 5.41) is 3.43. The molecule has 0 radical (unpaired) electrons. The minimum atomic E-state index is 0.326. The van der Waals surface area contributed by atoms with E-state index >= 15 is 0 Å². The van der Waals surface area contributed by atoms with Gasteiger partial charge in [-0.25, -0.2) is 0 Å². The smallest absolute Gasteiger partial charge is 0.142 e. The van der Waals surface area contributed by atoms with Gasteiger partial charge in [0.15, 0.2) is 0 Å². The van der Waals surface area contributed by atoms with Gasteiger partial charge in [-0.15, -0.1) is 0 Å². The summed E-state index contributed by atoms with van der Waals surface area (Å²) in [5.74, 6) is 0.902. The van der Waals surface area contributed by atoms with E-state index in [0.717, 1.165) is 17.9 Å². The van der Waals surface area contributed by atoms with Crippen molar-refractivity contribution < 1.29 is 9.47 Å². The fourth-order valence-electron chi connectivity index (χ4n) is 1.55. The van der Waals surface area contributed by atoms with Crippen LogP contribution in [0.1, 0.15) is 20.3 Å². The summed E-state index contributed by atoms with van der Waals surface area (Å²) in [5.41, 5.74) is 1.04. The molecule has 3 nitrogen and oxygen atoms in total. The number of hydrogen-bond acceptors (Lipinski definition) is 3. The van der Waals surface area contributed by atoms with Crippen LogP contribution in [-0.2, 0) is 4.74 Å². The van der Waals surface area contributed by atoms with Crippen molar-refractivity contribution in [3.05, 3.63) is 24.3 Å². The van der Waals surface area contributed by atoms with Gasteiger partial charge in [-0.05, 0) is 25.5 Å². The van der Waals surface area contributed by atoms with Crippen molar-refractivity contribution >= 4 is 5.69 Å². The molecule has 1 rings (SSSR count). The molecule has 3 heteroatoms. The molecule has 0 saturated carbocycles. The Kier molecular flexibility index (Phi) is 5.72. The van der Waals surface area contributed by atoms with Crippen molar-refractivity contribution in [1.29, 1.82) is 0 Å². The predicted octanol–water partition coefficient (Wildman–Crippen LogP) is 2.92. The number of nitrogens with one attached hydrogen (secondary N) is 1. The second-order valence-electron chi connectivity index (χ2n) is 3.63. The molecule has 1 aromatic carbocycles. The molecule has 1 atom stereocenters. The monoisotopic (exact) mass is 223 g/mol. The lowest BCUT2D eigenvalue weighted by Crippen LogP contribution is -2.24. The van der Waals surface area contributed by atoms with Gasteiger partial charge in [0.05, 0.1) is 18.9 Å². The highest BCUT2D eigenvalue weighted by Gasteiger charge is 2.08. The van der Waals surface area contributed by atoms with Crippen LogP contribution in [0.15, 0.2) is 24.3 Å². The van der Waals surface area contributed by atoms with E-state index in [9.17, 15) is 0 Å². The first-order valence-electron chi connectivity index (χ1n) is 5.79. The molecule has 16 heavy (non-hydrogen) atoms. The SMILES string of the molecule is CCOc1ccccc1NC(CC)COC. The van der Waals surface area contributed by atoms with Crippen molar-refractivity contribution in [2.45, 2.75) is 26.3 Å². The molecule has 0 aliphatic carbocycles. The van der Waals surface area contributed by atoms with E-state index in [1.54, 1.807) is 7.11 Å². The second kappa shape index (κ2) is 7.12. The highest BCUT2D eigenvalue weighted by molar-refractivity contribution is 5.56. The van der Waals surface area contributed by atoms with E-state index in [0.29, 0.717) is 19.3 Å². The molecule has 0 heterocycles. The molecule has 0 spiro atoms. The Balaban J connectivity index is 2.70. The lowest BCUT2D eigenvalue weighted by Gasteiger charge is -2.19. The van der Waals surface area contributed by atoms with Gasteiger partial charge >= 0.3 is 0 Å². The number of para-hydroxylation sites is 2. The average Bonchev–Trinajstić information content (AvgIpc) is 2.31. The van der Waals surface area contributed by atoms with Gasteiger partial charge in [0.2, 0.25) is 0 Å². The van der Waals surface area contributed by atoms with Crippen molar-refractivity contribution in [3.63, 3.8) is 0 Å². The number of hydrogen-bond donors (Lipinski definition) is 1. The lowest BCUT2D eigenvalue weighted by atomic mass is 10.2. The summed E-state index contributed by atoms with van der Waals surface area (Å²) in [6.07, 6.45) is 1.02. The predicted molar refractivity (Wildman–Crippen MR) is 67.2 cm³/mol. The van der Waals surface area contributed by atoms with Crippen LogP contribution in [0.2, 0.25) is 0 Å². The molecule has 0 saturated heterocycles. The van der Waals surface area contributed by atoms with Crippen molar-refractivity contribution in [1.82, 2.24) is 0 Å². The molecule has 0 bridgehead atoms.